The van der Waals surface area contributed by atoms with E-state index in [4.69, 9.17) is 0 Å². The molecule has 0 aromatic carbocycles. The van der Waals surface area contributed by atoms with Crippen LogP contribution in [0.25, 0.3) is 0 Å². The van der Waals surface area contributed by atoms with Crippen LogP contribution in [-0.4, -0.2) is 31.1 Å². The number of amides is 3. The van der Waals surface area contributed by atoms with Crippen molar-refractivity contribution in [2.24, 2.45) is 0 Å². The maximum Gasteiger partial charge on any atom is 0.321 e. The molecule has 1 aliphatic carbocycles. The smallest absolute Gasteiger partial charge is 0.321 e. The van der Waals surface area contributed by atoms with Crippen molar-refractivity contribution < 1.29 is 9.59 Å². The van der Waals surface area contributed by atoms with Crippen molar-refractivity contribution in [2.75, 3.05) is 7.05 Å². The number of hydrogen-bond donors (Lipinski definition) is 3. The molecule has 104 valence electrons. The lowest BCUT2D eigenvalue weighted by atomic mass is 9.96. The molecular weight excluding hydrogens is 230 g/mol. The molecule has 5 nitrogen and oxygen atoms in total. The summed E-state index contributed by atoms with van der Waals surface area (Å²) in [6.07, 6.45) is 8.60. The standard InChI is InChI=1S/C13H25N3O2/c1-10(12(17)16-13(18)14-2)15-11-8-6-4-3-5-7-9-11/h10-11,15H,3-9H2,1-2H3,(H2,14,16,17,18)/t10-/m0/s1. The van der Waals surface area contributed by atoms with E-state index in [0.29, 0.717) is 6.04 Å². The predicted molar refractivity (Wildman–Crippen MR) is 71.3 cm³/mol. The summed E-state index contributed by atoms with van der Waals surface area (Å²) in [5.41, 5.74) is 0. The average Bonchev–Trinajstić information content (AvgIpc) is 2.31. The first kappa shape index (κ1) is 15.0. The second-order valence-corrected chi connectivity index (χ2v) is 5.00. The summed E-state index contributed by atoms with van der Waals surface area (Å²) in [5.74, 6) is -0.267. The van der Waals surface area contributed by atoms with Gasteiger partial charge in [-0.1, -0.05) is 32.1 Å². The lowest BCUT2D eigenvalue weighted by Crippen LogP contribution is -2.50. The fourth-order valence-corrected chi connectivity index (χ4v) is 2.33. The van der Waals surface area contributed by atoms with E-state index in [9.17, 15) is 9.59 Å². The van der Waals surface area contributed by atoms with Crippen molar-refractivity contribution in [3.05, 3.63) is 0 Å². The van der Waals surface area contributed by atoms with Gasteiger partial charge in [0.15, 0.2) is 0 Å². The topological polar surface area (TPSA) is 70.2 Å². The summed E-state index contributed by atoms with van der Waals surface area (Å²) in [7, 11) is 1.50. The largest absolute Gasteiger partial charge is 0.341 e. The maximum atomic E-state index is 11.7. The van der Waals surface area contributed by atoms with E-state index >= 15 is 0 Å². The Bertz CT molecular complexity index is 273. The molecule has 5 heteroatoms. The van der Waals surface area contributed by atoms with Gasteiger partial charge >= 0.3 is 6.03 Å². The minimum atomic E-state index is -0.452. The van der Waals surface area contributed by atoms with Gasteiger partial charge in [-0.3, -0.25) is 10.1 Å². The summed E-state index contributed by atoms with van der Waals surface area (Å²) in [5, 5.41) is 7.99. The van der Waals surface area contributed by atoms with E-state index in [1.54, 1.807) is 6.92 Å². The van der Waals surface area contributed by atoms with Gasteiger partial charge in [0.05, 0.1) is 6.04 Å². The van der Waals surface area contributed by atoms with E-state index in [0.717, 1.165) is 12.8 Å². The molecule has 0 aromatic rings. The highest BCUT2D eigenvalue weighted by molar-refractivity contribution is 5.96. The van der Waals surface area contributed by atoms with Gasteiger partial charge in [0.25, 0.3) is 0 Å². The SMILES string of the molecule is CNC(=O)NC(=O)[C@H](C)NC1CCCCCCC1. The molecule has 0 heterocycles. The molecule has 1 aliphatic rings. The third-order valence-electron chi connectivity index (χ3n) is 3.45. The van der Waals surface area contributed by atoms with Crippen molar-refractivity contribution in [3.8, 4) is 0 Å². The molecule has 1 saturated carbocycles. The maximum absolute atomic E-state index is 11.7. The molecule has 1 fully saturated rings. The van der Waals surface area contributed by atoms with Gasteiger partial charge in [-0.15, -0.1) is 0 Å². The van der Waals surface area contributed by atoms with Crippen molar-refractivity contribution in [2.45, 2.75) is 64.0 Å². The molecule has 0 unspecified atom stereocenters. The Kier molecular flexibility index (Phi) is 6.72. The van der Waals surface area contributed by atoms with Gasteiger partial charge in [-0.25, -0.2) is 4.79 Å². The predicted octanol–water partition coefficient (Wildman–Crippen LogP) is 1.53. The lowest BCUT2D eigenvalue weighted by Gasteiger charge is -2.24. The monoisotopic (exact) mass is 255 g/mol. The van der Waals surface area contributed by atoms with Gasteiger partial charge in [0.1, 0.15) is 0 Å². The van der Waals surface area contributed by atoms with Crippen LogP contribution in [0.2, 0.25) is 0 Å². The fourth-order valence-electron chi connectivity index (χ4n) is 2.33. The van der Waals surface area contributed by atoms with Crippen LogP contribution in [-0.2, 0) is 4.79 Å². The summed E-state index contributed by atoms with van der Waals surface area (Å²) in [4.78, 5) is 22.8. The molecule has 1 rings (SSSR count). The average molecular weight is 255 g/mol. The lowest BCUT2D eigenvalue weighted by molar-refractivity contribution is -0.121. The summed E-state index contributed by atoms with van der Waals surface area (Å²) in [6, 6.07) is -0.381. The third kappa shape index (κ3) is 5.49. The summed E-state index contributed by atoms with van der Waals surface area (Å²) < 4.78 is 0. The molecule has 0 saturated heterocycles. The van der Waals surface area contributed by atoms with E-state index < -0.39 is 6.03 Å². The number of carbonyl (C=O) groups is 2. The summed E-state index contributed by atoms with van der Waals surface area (Å²) in [6.45, 7) is 1.80. The molecule has 0 radical (unpaired) electrons. The number of urea groups is 1. The van der Waals surface area contributed by atoms with Crippen LogP contribution in [0.5, 0.6) is 0 Å². The molecule has 18 heavy (non-hydrogen) atoms. The summed E-state index contributed by atoms with van der Waals surface area (Å²) >= 11 is 0. The van der Waals surface area contributed by atoms with Crippen molar-refractivity contribution in [1.29, 1.82) is 0 Å². The first-order valence-corrected chi connectivity index (χ1v) is 6.92. The molecule has 3 amide bonds. The van der Waals surface area contributed by atoms with Gasteiger partial charge < -0.3 is 10.6 Å². The van der Waals surface area contributed by atoms with Gasteiger partial charge in [0, 0.05) is 13.1 Å². The first-order chi connectivity index (χ1) is 8.63. The van der Waals surface area contributed by atoms with Crippen LogP contribution in [0, 0.1) is 0 Å². The van der Waals surface area contributed by atoms with Gasteiger partial charge in [-0.2, -0.15) is 0 Å². The van der Waals surface area contributed by atoms with Crippen LogP contribution in [0.1, 0.15) is 51.9 Å². The van der Waals surface area contributed by atoms with Crippen LogP contribution >= 0.6 is 0 Å². The number of hydrogen-bond acceptors (Lipinski definition) is 3. The zero-order valence-electron chi connectivity index (χ0n) is 11.4. The highest BCUT2D eigenvalue weighted by Crippen LogP contribution is 2.17. The van der Waals surface area contributed by atoms with E-state index in [-0.39, 0.29) is 11.9 Å². The van der Waals surface area contributed by atoms with E-state index in [2.05, 4.69) is 16.0 Å². The van der Waals surface area contributed by atoms with Crippen LogP contribution in [0.3, 0.4) is 0 Å². The van der Waals surface area contributed by atoms with E-state index in [1.165, 1.54) is 39.2 Å². The van der Waals surface area contributed by atoms with Crippen LogP contribution in [0.4, 0.5) is 4.79 Å². The highest BCUT2D eigenvalue weighted by Gasteiger charge is 2.19. The zero-order valence-corrected chi connectivity index (χ0v) is 11.4. The molecule has 0 spiro atoms. The Morgan fingerprint density at radius 1 is 1.06 bits per heavy atom. The Morgan fingerprint density at radius 2 is 1.61 bits per heavy atom. The highest BCUT2D eigenvalue weighted by atomic mass is 16.2. The van der Waals surface area contributed by atoms with Crippen LogP contribution in [0.15, 0.2) is 0 Å². The Balaban J connectivity index is 2.34. The second kappa shape index (κ2) is 8.08. The van der Waals surface area contributed by atoms with Gasteiger partial charge in [-0.05, 0) is 19.8 Å². The Morgan fingerprint density at radius 3 is 2.17 bits per heavy atom. The minimum absolute atomic E-state index is 0.267. The van der Waals surface area contributed by atoms with Crippen molar-refractivity contribution in [3.63, 3.8) is 0 Å². The molecule has 0 aliphatic heterocycles. The number of carbonyl (C=O) groups excluding carboxylic acids is 2. The zero-order chi connectivity index (χ0) is 13.4. The third-order valence-corrected chi connectivity index (χ3v) is 3.45. The first-order valence-electron chi connectivity index (χ1n) is 6.92. The normalized spacial score (nSPS) is 19.4. The molecule has 0 aromatic heterocycles. The number of rotatable bonds is 3. The van der Waals surface area contributed by atoms with Crippen molar-refractivity contribution >= 4 is 11.9 Å². The second-order valence-electron chi connectivity index (χ2n) is 5.00. The van der Waals surface area contributed by atoms with Gasteiger partial charge in [0.2, 0.25) is 5.91 Å². The molecule has 1 atom stereocenters. The number of nitrogens with one attached hydrogen (secondary N) is 3. The number of imide groups is 1. The molecule has 3 N–H and O–H groups in total. The van der Waals surface area contributed by atoms with Crippen LogP contribution < -0.4 is 16.0 Å². The molecule has 0 bridgehead atoms. The quantitative estimate of drug-likeness (QED) is 0.716. The van der Waals surface area contributed by atoms with Crippen molar-refractivity contribution in [1.82, 2.24) is 16.0 Å². The fraction of sp³-hybridized carbons (Fsp3) is 0.846. The Hall–Kier alpha value is -1.10. The Labute approximate surface area is 109 Å². The minimum Gasteiger partial charge on any atom is -0.341 e. The van der Waals surface area contributed by atoms with E-state index in [1.807, 2.05) is 0 Å². The molecular formula is C13H25N3O2.